The first-order chi connectivity index (χ1) is 13.2. The van der Waals surface area contributed by atoms with Crippen LogP contribution in [0.15, 0.2) is 30.3 Å². The van der Waals surface area contributed by atoms with Crippen LogP contribution in [-0.2, 0) is 27.7 Å². The molecule has 1 aromatic heterocycles. The second-order valence-electron chi connectivity index (χ2n) is 7.54. The maximum absolute atomic E-state index is 12.3. The maximum Gasteiger partial charge on any atom is 0.234 e. The Morgan fingerprint density at radius 1 is 1.29 bits per heavy atom. The van der Waals surface area contributed by atoms with E-state index in [1.54, 1.807) is 7.05 Å². The summed E-state index contributed by atoms with van der Waals surface area (Å²) in [5.41, 5.74) is 4.15. The molecular weight excluding hydrogens is 376 g/mol. The van der Waals surface area contributed by atoms with Crippen molar-refractivity contribution in [2.75, 3.05) is 25.1 Å². The second-order valence-corrected chi connectivity index (χ2v) is 9.77. The van der Waals surface area contributed by atoms with Crippen LogP contribution in [0.4, 0.5) is 0 Å². The third kappa shape index (κ3) is 4.99. The number of amides is 1. The van der Waals surface area contributed by atoms with Crippen LogP contribution in [0.3, 0.4) is 0 Å². The highest BCUT2D eigenvalue weighted by Gasteiger charge is 2.31. The van der Waals surface area contributed by atoms with Gasteiger partial charge in [0.25, 0.3) is 0 Å². The lowest BCUT2D eigenvalue weighted by Crippen LogP contribution is -2.41. The highest BCUT2D eigenvalue weighted by atomic mass is 32.2. The van der Waals surface area contributed by atoms with E-state index in [2.05, 4.69) is 22.5 Å². The summed E-state index contributed by atoms with van der Waals surface area (Å²) < 4.78 is 25.2. The number of sulfone groups is 1. The molecule has 2 aromatic rings. The van der Waals surface area contributed by atoms with Crippen molar-refractivity contribution in [2.45, 2.75) is 39.4 Å². The van der Waals surface area contributed by atoms with Crippen LogP contribution >= 0.6 is 0 Å². The Bertz CT molecular complexity index is 938. The van der Waals surface area contributed by atoms with Crippen molar-refractivity contribution in [1.82, 2.24) is 20.0 Å². The van der Waals surface area contributed by atoms with E-state index in [1.165, 1.54) is 5.56 Å². The largest absolute Gasteiger partial charge is 0.351 e. The highest BCUT2D eigenvalue weighted by molar-refractivity contribution is 7.91. The quantitative estimate of drug-likeness (QED) is 0.752. The number of benzene rings is 1. The molecule has 1 N–H and O–H groups in total. The molecule has 1 aliphatic rings. The van der Waals surface area contributed by atoms with Gasteiger partial charge in [-0.2, -0.15) is 5.10 Å². The summed E-state index contributed by atoms with van der Waals surface area (Å²) in [5, 5.41) is 7.56. The average molecular weight is 405 g/mol. The summed E-state index contributed by atoms with van der Waals surface area (Å²) in [6.07, 6.45) is 0.594. The molecule has 2 heterocycles. The van der Waals surface area contributed by atoms with Gasteiger partial charge in [-0.05, 0) is 32.9 Å². The standard InChI is InChI=1S/C20H28N4O3S/c1-15-19(16(2)24(22-15)12-17-7-5-4-6-8-17)11-21-20(25)13-23(3)18-9-10-28(26,27)14-18/h4-8,18H,9-14H2,1-3H3,(H,21,25). The second kappa shape index (κ2) is 8.45. The summed E-state index contributed by atoms with van der Waals surface area (Å²) in [5.74, 6) is 0.241. The summed E-state index contributed by atoms with van der Waals surface area (Å²) in [6.45, 7) is 5.27. The molecule has 1 atom stereocenters. The van der Waals surface area contributed by atoms with Crippen molar-refractivity contribution in [3.05, 3.63) is 52.8 Å². The Balaban J connectivity index is 1.56. The molecule has 0 spiro atoms. The smallest absolute Gasteiger partial charge is 0.234 e. The number of aromatic nitrogens is 2. The predicted molar refractivity (Wildman–Crippen MR) is 109 cm³/mol. The molecule has 0 bridgehead atoms. The molecule has 1 amide bonds. The van der Waals surface area contributed by atoms with E-state index in [4.69, 9.17) is 0 Å². The zero-order chi connectivity index (χ0) is 20.3. The van der Waals surface area contributed by atoms with E-state index in [0.717, 1.165) is 17.0 Å². The lowest BCUT2D eigenvalue weighted by atomic mass is 10.2. The van der Waals surface area contributed by atoms with Gasteiger partial charge >= 0.3 is 0 Å². The van der Waals surface area contributed by atoms with E-state index < -0.39 is 9.84 Å². The van der Waals surface area contributed by atoms with Crippen molar-refractivity contribution in [2.24, 2.45) is 0 Å². The topological polar surface area (TPSA) is 84.3 Å². The third-order valence-electron chi connectivity index (χ3n) is 5.39. The van der Waals surface area contributed by atoms with Crippen LogP contribution in [0.5, 0.6) is 0 Å². The van der Waals surface area contributed by atoms with Gasteiger partial charge in [-0.25, -0.2) is 8.42 Å². The molecular formula is C20H28N4O3S. The van der Waals surface area contributed by atoms with E-state index in [0.29, 0.717) is 19.5 Å². The molecule has 0 aliphatic carbocycles. The number of hydrogen-bond donors (Lipinski definition) is 1. The fourth-order valence-electron chi connectivity index (χ4n) is 3.62. The van der Waals surface area contributed by atoms with Gasteiger partial charge in [0.1, 0.15) is 0 Å². The number of likely N-dealkylation sites (N-methyl/N-ethyl adjacent to an activating group) is 1. The molecule has 8 heteroatoms. The van der Waals surface area contributed by atoms with Gasteiger partial charge in [-0.3, -0.25) is 14.4 Å². The lowest BCUT2D eigenvalue weighted by Gasteiger charge is -2.22. The molecule has 7 nitrogen and oxygen atoms in total. The number of rotatable bonds is 7. The minimum Gasteiger partial charge on any atom is -0.351 e. The minimum absolute atomic E-state index is 0.0761. The van der Waals surface area contributed by atoms with Crippen LogP contribution < -0.4 is 5.32 Å². The van der Waals surface area contributed by atoms with E-state index in [9.17, 15) is 13.2 Å². The summed E-state index contributed by atoms with van der Waals surface area (Å²) in [6, 6.07) is 10.1. The monoisotopic (exact) mass is 404 g/mol. The van der Waals surface area contributed by atoms with Crippen LogP contribution in [0.2, 0.25) is 0 Å². The number of hydrogen-bond acceptors (Lipinski definition) is 5. The number of nitrogens with zero attached hydrogens (tertiary/aromatic N) is 3. The predicted octanol–water partition coefficient (Wildman–Crippen LogP) is 1.28. The minimum atomic E-state index is -2.95. The van der Waals surface area contributed by atoms with Crippen molar-refractivity contribution < 1.29 is 13.2 Å². The van der Waals surface area contributed by atoms with Gasteiger partial charge in [0.05, 0.1) is 30.3 Å². The third-order valence-corrected chi connectivity index (χ3v) is 7.14. The first-order valence-electron chi connectivity index (χ1n) is 9.49. The number of aryl methyl sites for hydroxylation is 1. The van der Waals surface area contributed by atoms with Crippen LogP contribution in [0.1, 0.15) is 28.9 Å². The first kappa shape index (κ1) is 20.5. The molecule has 0 saturated carbocycles. The van der Waals surface area contributed by atoms with E-state index in [-0.39, 0.29) is 30.0 Å². The summed E-state index contributed by atoms with van der Waals surface area (Å²) >= 11 is 0. The lowest BCUT2D eigenvalue weighted by molar-refractivity contribution is -0.122. The Kier molecular flexibility index (Phi) is 6.20. The molecule has 1 saturated heterocycles. The molecule has 28 heavy (non-hydrogen) atoms. The number of carbonyl (C=O) groups excluding carboxylic acids is 1. The Labute approximate surface area is 166 Å². The highest BCUT2D eigenvalue weighted by Crippen LogP contribution is 2.17. The van der Waals surface area contributed by atoms with Gasteiger partial charge in [0.15, 0.2) is 9.84 Å². The van der Waals surface area contributed by atoms with E-state index >= 15 is 0 Å². The van der Waals surface area contributed by atoms with Gasteiger partial charge < -0.3 is 5.32 Å². The normalized spacial score (nSPS) is 18.5. The Morgan fingerprint density at radius 3 is 2.64 bits per heavy atom. The molecule has 3 rings (SSSR count). The van der Waals surface area contributed by atoms with Gasteiger partial charge in [0, 0.05) is 23.8 Å². The molecule has 1 aromatic carbocycles. The molecule has 0 radical (unpaired) electrons. The first-order valence-corrected chi connectivity index (χ1v) is 11.3. The SMILES string of the molecule is Cc1nn(Cc2ccccc2)c(C)c1CNC(=O)CN(C)C1CCS(=O)(=O)C1. The van der Waals surface area contributed by atoms with Gasteiger partial charge in [-0.15, -0.1) is 0 Å². The number of nitrogens with one attached hydrogen (secondary N) is 1. The maximum atomic E-state index is 12.3. The van der Waals surface area contributed by atoms with Crippen molar-refractivity contribution in [3.63, 3.8) is 0 Å². The molecule has 152 valence electrons. The zero-order valence-corrected chi connectivity index (χ0v) is 17.5. The average Bonchev–Trinajstić information content (AvgIpc) is 3.13. The Morgan fingerprint density at radius 2 is 2.00 bits per heavy atom. The van der Waals surface area contributed by atoms with Crippen molar-refractivity contribution in [1.29, 1.82) is 0 Å². The molecule has 1 aliphatic heterocycles. The fraction of sp³-hybridized carbons (Fsp3) is 0.500. The summed E-state index contributed by atoms with van der Waals surface area (Å²) in [7, 11) is -1.15. The van der Waals surface area contributed by atoms with Gasteiger partial charge in [0.2, 0.25) is 5.91 Å². The Hall–Kier alpha value is -2.19. The zero-order valence-electron chi connectivity index (χ0n) is 16.7. The summed E-state index contributed by atoms with van der Waals surface area (Å²) in [4.78, 5) is 14.2. The molecule has 1 unspecified atom stereocenters. The number of carbonyl (C=O) groups is 1. The van der Waals surface area contributed by atoms with E-state index in [1.807, 2.05) is 41.6 Å². The molecule has 1 fully saturated rings. The van der Waals surface area contributed by atoms with Crippen molar-refractivity contribution >= 4 is 15.7 Å². The van der Waals surface area contributed by atoms with Crippen LogP contribution in [-0.4, -0.2) is 60.1 Å². The van der Waals surface area contributed by atoms with Crippen LogP contribution in [0.25, 0.3) is 0 Å². The van der Waals surface area contributed by atoms with Gasteiger partial charge in [-0.1, -0.05) is 30.3 Å². The fourth-order valence-corrected chi connectivity index (χ4v) is 5.43. The van der Waals surface area contributed by atoms with Crippen molar-refractivity contribution in [3.8, 4) is 0 Å². The van der Waals surface area contributed by atoms with Crippen LogP contribution in [0, 0.1) is 13.8 Å².